The second-order valence-corrected chi connectivity index (χ2v) is 14.5. The Bertz CT molecular complexity index is 1940. The zero-order valence-electron chi connectivity index (χ0n) is 28.9. The predicted octanol–water partition coefficient (Wildman–Crippen LogP) is 7.55. The number of carbonyl (C=O) groups is 2. The molecule has 2 aromatic heterocycles. The number of carboxylic acids is 1. The molecular weight excluding hydrogens is 675 g/mol. The lowest BCUT2D eigenvalue weighted by Crippen LogP contribution is -2.54. The van der Waals surface area contributed by atoms with E-state index in [-0.39, 0.29) is 23.5 Å². The fourth-order valence-corrected chi connectivity index (χ4v) is 6.20. The van der Waals surface area contributed by atoms with E-state index in [1.807, 2.05) is 54.6 Å². The minimum absolute atomic E-state index is 0.0887. The maximum Gasteiger partial charge on any atom is 0.394 e. The summed E-state index contributed by atoms with van der Waals surface area (Å²) in [5, 5.41) is 25.9. The fourth-order valence-electron chi connectivity index (χ4n) is 5.24. The van der Waals surface area contributed by atoms with Crippen molar-refractivity contribution in [1.82, 2.24) is 20.6 Å². The summed E-state index contributed by atoms with van der Waals surface area (Å²) >= 11 is 1.38. The van der Waals surface area contributed by atoms with Gasteiger partial charge in [0.1, 0.15) is 18.0 Å². The van der Waals surface area contributed by atoms with Gasteiger partial charge in [0.25, 0.3) is 5.91 Å². The summed E-state index contributed by atoms with van der Waals surface area (Å²) in [6, 6.07) is 23.4. The molecule has 0 radical (unpaired) electrons. The van der Waals surface area contributed by atoms with Gasteiger partial charge in [-0.05, 0) is 65.3 Å². The molecule has 3 aromatic carbocycles. The van der Waals surface area contributed by atoms with Gasteiger partial charge >= 0.3 is 12.1 Å². The van der Waals surface area contributed by atoms with E-state index in [4.69, 9.17) is 0 Å². The first kappa shape index (κ1) is 37.2. The monoisotopic (exact) mass is 714 g/mol. The Hall–Kier alpha value is -5.04. The first-order chi connectivity index (χ1) is 24.1. The van der Waals surface area contributed by atoms with Gasteiger partial charge in [-0.2, -0.15) is 8.78 Å². The highest BCUT2D eigenvalue weighted by Crippen LogP contribution is 2.30. The Kier molecular flexibility index (Phi) is 11.3. The highest BCUT2D eigenvalue weighted by molar-refractivity contribution is 7.14. The van der Waals surface area contributed by atoms with E-state index in [1.165, 1.54) is 30.4 Å². The second kappa shape index (κ2) is 15.5. The third-order valence-electron chi connectivity index (χ3n) is 8.08. The maximum atomic E-state index is 13.2. The summed E-state index contributed by atoms with van der Waals surface area (Å²) < 4.78 is 30.9. The van der Waals surface area contributed by atoms with Crippen LogP contribution in [0.25, 0.3) is 33.6 Å². The van der Waals surface area contributed by atoms with Crippen LogP contribution in [0, 0.1) is 0 Å². The van der Waals surface area contributed by atoms with E-state index < -0.39 is 30.4 Å². The van der Waals surface area contributed by atoms with E-state index >= 15 is 0 Å². The molecule has 4 N–H and O–H groups in total. The minimum atomic E-state index is -3.25. The Labute approximate surface area is 299 Å². The normalized spacial score (nSPS) is 13.6. The smallest absolute Gasteiger partial charge is 0.394 e. The van der Waals surface area contributed by atoms with Gasteiger partial charge in [-0.15, -0.1) is 11.3 Å². The van der Waals surface area contributed by atoms with Gasteiger partial charge < -0.3 is 20.3 Å². The number of aliphatic hydroxyl groups is 1. The van der Waals surface area contributed by atoms with Gasteiger partial charge in [0.05, 0.1) is 10.9 Å². The Balaban J connectivity index is 1.25. The number of benzene rings is 3. The van der Waals surface area contributed by atoms with Gasteiger partial charge in [0, 0.05) is 35.3 Å². The van der Waals surface area contributed by atoms with Gasteiger partial charge in [0.2, 0.25) is 0 Å². The lowest BCUT2D eigenvalue weighted by atomic mass is 9.95. The van der Waals surface area contributed by atoms with E-state index in [0.29, 0.717) is 17.6 Å². The number of carboxylic acid groups (broad SMARTS) is 1. The number of nitrogens with one attached hydrogen (secondary N) is 2. The van der Waals surface area contributed by atoms with Crippen LogP contribution in [-0.2, 0) is 16.6 Å². The van der Waals surface area contributed by atoms with Crippen molar-refractivity contribution in [3.05, 3.63) is 113 Å². The van der Waals surface area contributed by atoms with Gasteiger partial charge in [0.15, 0.2) is 5.82 Å². The Morgan fingerprint density at radius 1 is 0.804 bits per heavy atom. The number of hydrogen-bond acceptors (Lipinski definition) is 8. The summed E-state index contributed by atoms with van der Waals surface area (Å²) in [5.41, 5.74) is 4.93. The first-order valence-corrected chi connectivity index (χ1v) is 17.1. The molecule has 0 saturated carbocycles. The number of amides is 1. The molecule has 51 heavy (non-hydrogen) atoms. The van der Waals surface area contributed by atoms with Crippen molar-refractivity contribution in [3.63, 3.8) is 0 Å². The van der Waals surface area contributed by atoms with Gasteiger partial charge in [-0.25, -0.2) is 9.97 Å². The highest BCUT2D eigenvalue weighted by Gasteiger charge is 2.27. The lowest BCUT2D eigenvalue weighted by molar-refractivity contribution is -0.159. The molecule has 3 atom stereocenters. The zero-order chi connectivity index (χ0) is 36.9. The molecule has 9 nitrogen and oxygen atoms in total. The van der Waals surface area contributed by atoms with E-state index in [0.717, 1.165) is 38.3 Å². The van der Waals surface area contributed by atoms with Crippen LogP contribution in [0.1, 0.15) is 54.7 Å². The first-order valence-electron chi connectivity index (χ1n) is 16.3. The topological polar surface area (TPSA) is 134 Å². The van der Waals surface area contributed by atoms with Crippen molar-refractivity contribution >= 4 is 23.2 Å². The maximum absolute atomic E-state index is 13.2. The molecule has 12 heteroatoms. The van der Waals surface area contributed by atoms with Crippen molar-refractivity contribution in [2.24, 2.45) is 0 Å². The summed E-state index contributed by atoms with van der Waals surface area (Å²) in [4.78, 5) is 35.3. The molecule has 5 rings (SSSR count). The zero-order valence-corrected chi connectivity index (χ0v) is 29.7. The molecular formula is C39H40F2N4O5S. The molecule has 5 aromatic rings. The number of carbonyl (C=O) groups excluding carboxylic acids is 1. The Morgan fingerprint density at radius 3 is 1.84 bits per heavy atom. The number of halogens is 2. The second-order valence-electron chi connectivity index (χ2n) is 13.4. The predicted molar refractivity (Wildman–Crippen MR) is 194 cm³/mol. The number of aliphatic carboxylic acids is 1. The van der Waals surface area contributed by atoms with E-state index in [2.05, 4.69) is 46.1 Å². The summed E-state index contributed by atoms with van der Waals surface area (Å²) in [5.74, 6) is -0.876. The molecule has 0 saturated heterocycles. The third kappa shape index (κ3) is 10.0. The number of rotatable bonds is 13. The molecule has 0 aliphatic carbocycles. The van der Waals surface area contributed by atoms with Gasteiger partial charge in [-0.1, -0.05) is 81.4 Å². The molecule has 0 fully saturated rings. The number of alkyl halides is 2. The summed E-state index contributed by atoms with van der Waals surface area (Å²) in [6.45, 7) is 8.32. The number of hydrogen-bond donors (Lipinski definition) is 4. The third-order valence-corrected chi connectivity index (χ3v) is 9.59. The van der Waals surface area contributed by atoms with Crippen LogP contribution >= 0.6 is 11.3 Å². The minimum Gasteiger partial charge on any atom is -0.480 e. The van der Waals surface area contributed by atoms with Gasteiger partial charge in [-0.3, -0.25) is 14.9 Å². The molecule has 1 amide bonds. The van der Waals surface area contributed by atoms with Crippen LogP contribution < -0.4 is 15.4 Å². The quantitative estimate of drug-likeness (QED) is 0.0920. The standard InChI is InChI=1S/C39H40F2N4O5S/c1-23(37(48)49)44-35(46)31(45-36(47)32-18-19-33(51-32)38(2,3)4)20-24-6-8-28(9-7-24)34-42-21-29(22-43-34)27-12-10-25(11-13-27)26-14-16-30(17-15-26)50-39(5,40)41/h6-19,21-23,31,35,44,46H,20H2,1-5H3,(H,45,47)(H,48,49)/t23-,31+,35?/m1/s1. The van der Waals surface area contributed by atoms with Crippen molar-refractivity contribution in [3.8, 4) is 39.4 Å². The van der Waals surface area contributed by atoms with Crippen molar-refractivity contribution in [2.45, 2.75) is 70.9 Å². The van der Waals surface area contributed by atoms with Crippen LogP contribution in [0.15, 0.2) is 97.3 Å². The lowest BCUT2D eigenvalue weighted by Gasteiger charge is -2.26. The SMILES string of the molecule is C[C@@H](NC(O)[C@H](Cc1ccc(-c2ncc(-c3ccc(-c4ccc(OC(C)(F)F)cc4)cc3)cn2)cc1)NC(=O)c1ccc(C(C)(C)C)s1)C(=O)O. The molecule has 0 aliphatic rings. The number of ether oxygens (including phenoxy) is 1. The van der Waals surface area contributed by atoms with Crippen molar-refractivity contribution in [1.29, 1.82) is 0 Å². The van der Waals surface area contributed by atoms with Crippen LogP contribution in [0.3, 0.4) is 0 Å². The van der Waals surface area contributed by atoms with E-state index in [9.17, 15) is 28.6 Å². The molecule has 0 spiro atoms. The van der Waals surface area contributed by atoms with E-state index in [1.54, 1.807) is 30.6 Å². The molecule has 0 aliphatic heterocycles. The molecule has 1 unspecified atom stereocenters. The van der Waals surface area contributed by atoms with Crippen LogP contribution in [-0.4, -0.2) is 56.5 Å². The molecule has 2 heterocycles. The van der Waals surface area contributed by atoms with Crippen molar-refractivity contribution in [2.75, 3.05) is 0 Å². The Morgan fingerprint density at radius 2 is 1.33 bits per heavy atom. The average molecular weight is 715 g/mol. The van der Waals surface area contributed by atoms with Crippen LogP contribution in [0.5, 0.6) is 5.75 Å². The number of aliphatic hydroxyl groups excluding tert-OH is 1. The highest BCUT2D eigenvalue weighted by atomic mass is 32.1. The van der Waals surface area contributed by atoms with Crippen LogP contribution in [0.4, 0.5) is 8.78 Å². The number of aromatic nitrogens is 2. The molecule has 266 valence electrons. The average Bonchev–Trinajstić information content (AvgIpc) is 3.60. The summed E-state index contributed by atoms with van der Waals surface area (Å²) in [6.07, 6.45) is -0.886. The largest absolute Gasteiger partial charge is 0.480 e. The summed E-state index contributed by atoms with van der Waals surface area (Å²) in [7, 11) is 0. The number of nitrogens with zero attached hydrogens (tertiary/aromatic N) is 2. The van der Waals surface area contributed by atoms with Crippen LogP contribution in [0.2, 0.25) is 0 Å². The fraction of sp³-hybridized carbons (Fsp3) is 0.282. The molecule has 0 bridgehead atoms. The van der Waals surface area contributed by atoms with Crippen molar-refractivity contribution < 1.29 is 33.3 Å². The number of thiophene rings is 1.